The van der Waals surface area contributed by atoms with E-state index in [4.69, 9.17) is 11.6 Å². The van der Waals surface area contributed by atoms with Gasteiger partial charge in [-0.25, -0.2) is 0 Å². The Hall–Kier alpha value is -3.26. The van der Waals surface area contributed by atoms with Crippen molar-refractivity contribution in [1.82, 2.24) is 14.4 Å². The number of hydrogen-bond acceptors (Lipinski definition) is 2. The minimum absolute atomic E-state index is 0.0389. The maximum atomic E-state index is 13.9. The molecule has 1 fully saturated rings. The summed E-state index contributed by atoms with van der Waals surface area (Å²) in [6, 6.07) is 16.0. The zero-order valence-corrected chi connectivity index (χ0v) is 23.4. The molecule has 1 aliphatic rings. The first-order valence-corrected chi connectivity index (χ1v) is 14.2. The van der Waals surface area contributed by atoms with E-state index >= 15 is 0 Å². The van der Waals surface area contributed by atoms with Gasteiger partial charge in [0.25, 0.3) is 5.91 Å². The maximum Gasteiger partial charge on any atom is 0.416 e. The third-order valence-corrected chi connectivity index (χ3v) is 7.80. The Labute approximate surface area is 238 Å². The van der Waals surface area contributed by atoms with Gasteiger partial charge in [0.2, 0.25) is 5.91 Å². The summed E-state index contributed by atoms with van der Waals surface area (Å²) in [5.41, 5.74) is 0.959. The number of carbonyl (C=O) groups excluding carboxylic acids is 2. The van der Waals surface area contributed by atoms with E-state index < -0.39 is 17.6 Å². The second-order valence-corrected chi connectivity index (χ2v) is 10.7. The smallest absolute Gasteiger partial charge is 0.345 e. The molecule has 1 aliphatic carbocycles. The van der Waals surface area contributed by atoms with E-state index in [1.807, 2.05) is 54.4 Å². The van der Waals surface area contributed by atoms with Gasteiger partial charge >= 0.3 is 6.18 Å². The molecule has 1 aromatic heterocycles. The van der Waals surface area contributed by atoms with Gasteiger partial charge in [-0.1, -0.05) is 62.1 Å². The van der Waals surface area contributed by atoms with Crippen LogP contribution >= 0.6 is 11.6 Å². The molecule has 1 heterocycles. The number of benzene rings is 2. The maximum absolute atomic E-state index is 13.9. The third kappa shape index (κ3) is 7.47. The van der Waals surface area contributed by atoms with Crippen LogP contribution in [0.5, 0.6) is 0 Å². The molecule has 5 nitrogen and oxygen atoms in total. The van der Waals surface area contributed by atoms with Crippen LogP contribution in [-0.4, -0.2) is 45.3 Å². The molecule has 214 valence electrons. The molecule has 40 heavy (non-hydrogen) atoms. The van der Waals surface area contributed by atoms with Crippen LogP contribution in [0, 0.1) is 0 Å². The zero-order valence-electron chi connectivity index (χ0n) is 22.7. The zero-order chi connectivity index (χ0) is 28.7. The van der Waals surface area contributed by atoms with Crippen LogP contribution in [0.3, 0.4) is 0 Å². The van der Waals surface area contributed by atoms with Gasteiger partial charge in [-0.3, -0.25) is 9.59 Å². The number of carbonyl (C=O) groups is 2. The minimum Gasteiger partial charge on any atom is -0.345 e. The molecular formula is C31H35ClF3N3O2. The standard InChI is InChI=1S/C31H35ClF3N3O2/c1-2-17-37(30(40)23-11-8-12-25(19-23)31(33,34)35)22-29(39)38(26-13-4-3-5-14-26)21-27-15-9-18-36(27)20-24-10-6-7-16-28(24)32/h6-12,15-16,18-19,26H,2-5,13-14,17,20-22H2,1H3. The predicted molar refractivity (Wildman–Crippen MR) is 150 cm³/mol. The average Bonchev–Trinajstić information content (AvgIpc) is 3.38. The summed E-state index contributed by atoms with van der Waals surface area (Å²) in [4.78, 5) is 30.4. The molecular weight excluding hydrogens is 539 g/mol. The Bertz CT molecular complexity index is 1300. The van der Waals surface area contributed by atoms with Crippen LogP contribution in [0.25, 0.3) is 0 Å². The Morgan fingerprint density at radius 1 is 1.00 bits per heavy atom. The highest BCUT2D eigenvalue weighted by atomic mass is 35.5. The molecule has 2 aromatic carbocycles. The van der Waals surface area contributed by atoms with E-state index in [1.54, 1.807) is 0 Å². The molecule has 4 rings (SSSR count). The Morgan fingerprint density at radius 2 is 1.75 bits per heavy atom. The number of rotatable bonds is 10. The van der Waals surface area contributed by atoms with E-state index in [0.29, 0.717) is 24.5 Å². The molecule has 0 N–H and O–H groups in total. The summed E-state index contributed by atoms with van der Waals surface area (Å²) in [6.45, 7) is 2.88. The monoisotopic (exact) mass is 573 g/mol. The lowest BCUT2D eigenvalue weighted by Crippen LogP contribution is -2.47. The SMILES string of the molecule is CCCN(CC(=O)N(Cc1cccn1Cc1ccccc1Cl)C1CCCCC1)C(=O)c1cccc(C(F)(F)F)c1. The molecule has 0 unspecified atom stereocenters. The average molecular weight is 574 g/mol. The van der Waals surface area contributed by atoms with Crippen molar-refractivity contribution in [3.05, 3.63) is 94.3 Å². The summed E-state index contributed by atoms with van der Waals surface area (Å²) in [5, 5.41) is 0.672. The Balaban J connectivity index is 1.56. The molecule has 9 heteroatoms. The predicted octanol–water partition coefficient (Wildman–Crippen LogP) is 7.42. The second kappa shape index (κ2) is 13.4. The van der Waals surface area contributed by atoms with Crippen molar-refractivity contribution in [2.45, 2.75) is 70.8 Å². The van der Waals surface area contributed by atoms with Crippen LogP contribution < -0.4 is 0 Å². The van der Waals surface area contributed by atoms with Gasteiger partial charge in [-0.2, -0.15) is 13.2 Å². The molecule has 0 spiro atoms. The van der Waals surface area contributed by atoms with Crippen molar-refractivity contribution in [3.8, 4) is 0 Å². The van der Waals surface area contributed by atoms with E-state index in [1.165, 1.54) is 17.0 Å². The van der Waals surface area contributed by atoms with E-state index in [0.717, 1.165) is 55.5 Å². The lowest BCUT2D eigenvalue weighted by molar-refractivity contribution is -0.138. The van der Waals surface area contributed by atoms with E-state index in [-0.39, 0.29) is 30.6 Å². The van der Waals surface area contributed by atoms with Gasteiger partial charge in [0.1, 0.15) is 6.54 Å². The summed E-state index contributed by atoms with van der Waals surface area (Å²) < 4.78 is 41.9. The summed E-state index contributed by atoms with van der Waals surface area (Å²) in [5.74, 6) is -0.779. The largest absolute Gasteiger partial charge is 0.416 e. The van der Waals surface area contributed by atoms with Crippen LogP contribution in [0.15, 0.2) is 66.9 Å². The molecule has 0 radical (unpaired) electrons. The Kier molecular flexibility index (Phi) is 9.95. The highest BCUT2D eigenvalue weighted by Crippen LogP contribution is 2.30. The van der Waals surface area contributed by atoms with Crippen molar-refractivity contribution in [1.29, 1.82) is 0 Å². The van der Waals surface area contributed by atoms with Crippen molar-refractivity contribution < 1.29 is 22.8 Å². The summed E-state index contributed by atoms with van der Waals surface area (Å²) in [7, 11) is 0. The number of aromatic nitrogens is 1. The second-order valence-electron chi connectivity index (χ2n) is 10.3. The third-order valence-electron chi connectivity index (χ3n) is 7.43. The van der Waals surface area contributed by atoms with Crippen molar-refractivity contribution >= 4 is 23.4 Å². The fourth-order valence-electron chi connectivity index (χ4n) is 5.33. The fraction of sp³-hybridized carbons (Fsp3) is 0.419. The van der Waals surface area contributed by atoms with Crippen molar-refractivity contribution in [3.63, 3.8) is 0 Å². The lowest BCUT2D eigenvalue weighted by atomic mass is 9.94. The molecule has 0 saturated heterocycles. The van der Waals surface area contributed by atoms with Gasteiger partial charge in [0, 0.05) is 41.6 Å². The van der Waals surface area contributed by atoms with Crippen LogP contribution in [0.1, 0.15) is 72.6 Å². The van der Waals surface area contributed by atoms with Gasteiger partial charge in [-0.15, -0.1) is 0 Å². The first kappa shape index (κ1) is 29.7. The van der Waals surface area contributed by atoms with Gasteiger partial charge < -0.3 is 14.4 Å². The van der Waals surface area contributed by atoms with Crippen LogP contribution in [0.4, 0.5) is 13.2 Å². The fourth-order valence-corrected chi connectivity index (χ4v) is 5.53. The number of halogens is 4. The van der Waals surface area contributed by atoms with E-state index in [2.05, 4.69) is 4.57 Å². The van der Waals surface area contributed by atoms with Crippen molar-refractivity contribution in [2.24, 2.45) is 0 Å². The first-order chi connectivity index (χ1) is 19.2. The lowest BCUT2D eigenvalue weighted by Gasteiger charge is -2.36. The van der Waals surface area contributed by atoms with Gasteiger partial charge in [-0.05, 0) is 61.2 Å². The first-order valence-electron chi connectivity index (χ1n) is 13.8. The highest BCUT2D eigenvalue weighted by molar-refractivity contribution is 6.31. The number of nitrogens with zero attached hydrogens (tertiary/aromatic N) is 3. The quantitative estimate of drug-likeness (QED) is 0.253. The Morgan fingerprint density at radius 3 is 2.45 bits per heavy atom. The molecule has 2 amide bonds. The topological polar surface area (TPSA) is 45.6 Å². The summed E-state index contributed by atoms with van der Waals surface area (Å²) in [6.07, 6.45) is 2.91. The molecule has 0 bridgehead atoms. The number of alkyl halides is 3. The number of amides is 2. The van der Waals surface area contributed by atoms with Crippen LogP contribution in [-0.2, 0) is 24.1 Å². The molecule has 3 aromatic rings. The summed E-state index contributed by atoms with van der Waals surface area (Å²) >= 11 is 6.40. The normalized spacial score (nSPS) is 14.2. The molecule has 0 atom stereocenters. The highest BCUT2D eigenvalue weighted by Gasteiger charge is 2.32. The van der Waals surface area contributed by atoms with Gasteiger partial charge in [0.15, 0.2) is 0 Å². The van der Waals surface area contributed by atoms with Crippen molar-refractivity contribution in [2.75, 3.05) is 13.1 Å². The minimum atomic E-state index is -4.56. The van der Waals surface area contributed by atoms with E-state index in [9.17, 15) is 22.8 Å². The molecule has 0 aliphatic heterocycles. The molecule has 1 saturated carbocycles. The van der Waals surface area contributed by atoms with Gasteiger partial charge in [0.05, 0.1) is 12.1 Å². The van der Waals surface area contributed by atoms with Crippen LogP contribution in [0.2, 0.25) is 5.02 Å². The number of hydrogen-bond donors (Lipinski definition) is 0.